The Hall–Kier alpha value is -2.73. The molecule has 3 unspecified atom stereocenters. The van der Waals surface area contributed by atoms with E-state index >= 15 is 0 Å². The highest BCUT2D eigenvalue weighted by Crippen LogP contribution is 2.18. The lowest BCUT2D eigenvalue weighted by Gasteiger charge is -2.23. The van der Waals surface area contributed by atoms with Gasteiger partial charge in [-0.2, -0.15) is 0 Å². The van der Waals surface area contributed by atoms with Crippen LogP contribution >= 0.6 is 0 Å². The van der Waals surface area contributed by atoms with Gasteiger partial charge in [0.05, 0.1) is 6.04 Å². The van der Waals surface area contributed by atoms with Crippen LogP contribution in [0.3, 0.4) is 0 Å². The third-order valence-electron chi connectivity index (χ3n) is 5.28. The molecule has 1 fully saturated rings. The van der Waals surface area contributed by atoms with Crippen molar-refractivity contribution in [3.05, 3.63) is 0 Å². The molecule has 1 saturated heterocycles. The average molecular weight is 471 g/mol. The summed E-state index contributed by atoms with van der Waals surface area (Å²) in [7, 11) is 0. The van der Waals surface area contributed by atoms with Crippen molar-refractivity contribution in [1.82, 2.24) is 26.2 Å². The van der Waals surface area contributed by atoms with Gasteiger partial charge in [0, 0.05) is 44.9 Å². The van der Waals surface area contributed by atoms with Gasteiger partial charge in [-0.05, 0) is 25.2 Å². The Morgan fingerprint density at radius 3 is 2.39 bits per heavy atom. The average Bonchev–Trinajstić information content (AvgIpc) is 2.96. The Morgan fingerprint density at radius 2 is 1.82 bits per heavy atom. The zero-order valence-electron chi connectivity index (χ0n) is 19.7. The monoisotopic (exact) mass is 470 g/mol. The highest BCUT2D eigenvalue weighted by atomic mass is 16.3. The molecule has 1 aliphatic heterocycles. The van der Waals surface area contributed by atoms with Gasteiger partial charge in [0.25, 0.3) is 0 Å². The van der Waals surface area contributed by atoms with E-state index < -0.39 is 18.3 Å². The Bertz CT molecular complexity index is 701. The van der Waals surface area contributed by atoms with E-state index in [1.165, 1.54) is 4.90 Å². The van der Waals surface area contributed by atoms with Crippen molar-refractivity contribution in [3.8, 4) is 0 Å². The third-order valence-corrected chi connectivity index (χ3v) is 5.28. The molecule has 0 spiro atoms. The standard InChI is InChI=1S/C21H38N6O6/c1-13(2)18(19(31)26-16(29)6-4-8-25-21(22)33)24-10-9-23-15(28)7-5-11-27-17(30)12-14(3)20(27)32/h13-14,16,18,24,29H,4-12H2,1-3H3,(H,23,28)(H,26,31)(H3,22,25,33). The van der Waals surface area contributed by atoms with Crippen LogP contribution in [0.25, 0.3) is 0 Å². The summed E-state index contributed by atoms with van der Waals surface area (Å²) < 4.78 is 0. The second-order valence-electron chi connectivity index (χ2n) is 8.58. The van der Waals surface area contributed by atoms with Gasteiger partial charge in [-0.1, -0.05) is 20.8 Å². The summed E-state index contributed by atoms with van der Waals surface area (Å²) in [4.78, 5) is 59.9. The van der Waals surface area contributed by atoms with Gasteiger partial charge < -0.3 is 32.1 Å². The van der Waals surface area contributed by atoms with Crippen LogP contribution in [0.15, 0.2) is 0 Å². The summed E-state index contributed by atoms with van der Waals surface area (Å²) >= 11 is 0. The molecule has 0 aromatic heterocycles. The van der Waals surface area contributed by atoms with Crippen molar-refractivity contribution in [1.29, 1.82) is 0 Å². The highest BCUT2D eigenvalue weighted by molar-refractivity contribution is 6.03. The largest absolute Gasteiger partial charge is 0.374 e. The van der Waals surface area contributed by atoms with Crippen molar-refractivity contribution < 1.29 is 29.1 Å². The number of nitrogens with one attached hydrogen (secondary N) is 4. The molecule has 3 atom stereocenters. The maximum Gasteiger partial charge on any atom is 0.312 e. The molecule has 7 N–H and O–H groups in total. The van der Waals surface area contributed by atoms with Crippen LogP contribution in [0, 0.1) is 11.8 Å². The molecule has 6 amide bonds. The van der Waals surface area contributed by atoms with Gasteiger partial charge in [-0.25, -0.2) is 4.79 Å². The third kappa shape index (κ3) is 10.6. The minimum atomic E-state index is -1.05. The second-order valence-corrected chi connectivity index (χ2v) is 8.58. The number of likely N-dealkylation sites (tertiary alicyclic amines) is 1. The number of nitrogens with two attached hydrogens (primary N) is 1. The van der Waals surface area contributed by atoms with Crippen LogP contribution in [0.4, 0.5) is 4.79 Å². The van der Waals surface area contributed by atoms with Crippen LogP contribution in [0.5, 0.6) is 0 Å². The van der Waals surface area contributed by atoms with Crippen LogP contribution in [0.2, 0.25) is 0 Å². The number of hydrogen-bond acceptors (Lipinski definition) is 7. The normalized spacial score (nSPS) is 17.7. The van der Waals surface area contributed by atoms with Crippen LogP contribution in [-0.2, 0) is 19.2 Å². The Kier molecular flexibility index (Phi) is 12.4. The number of rotatable bonds is 15. The lowest BCUT2D eigenvalue weighted by molar-refractivity contribution is -0.139. The van der Waals surface area contributed by atoms with Gasteiger partial charge in [0.2, 0.25) is 23.6 Å². The summed E-state index contributed by atoms with van der Waals surface area (Å²) in [6.45, 7) is 6.63. The Labute approximate surface area is 194 Å². The topological polar surface area (TPSA) is 183 Å². The number of primary amides is 1. The molecular weight excluding hydrogens is 432 g/mol. The summed E-state index contributed by atoms with van der Waals surface area (Å²) in [5.41, 5.74) is 4.96. The van der Waals surface area contributed by atoms with Crippen LogP contribution < -0.4 is 27.0 Å². The van der Waals surface area contributed by atoms with Crippen LogP contribution in [0.1, 0.15) is 52.9 Å². The molecular formula is C21H38N6O6. The molecule has 0 bridgehead atoms. The van der Waals surface area contributed by atoms with E-state index in [1.807, 2.05) is 13.8 Å². The molecule has 188 valence electrons. The Balaban J connectivity index is 2.25. The van der Waals surface area contributed by atoms with Crippen molar-refractivity contribution in [3.63, 3.8) is 0 Å². The first-order valence-corrected chi connectivity index (χ1v) is 11.4. The van der Waals surface area contributed by atoms with Crippen molar-refractivity contribution in [2.45, 2.75) is 65.1 Å². The summed E-state index contributed by atoms with van der Waals surface area (Å²) in [5, 5.41) is 20.7. The number of carbonyl (C=O) groups excluding carboxylic acids is 5. The van der Waals surface area contributed by atoms with E-state index in [-0.39, 0.29) is 61.3 Å². The number of aliphatic hydroxyl groups excluding tert-OH is 1. The van der Waals surface area contributed by atoms with E-state index in [2.05, 4.69) is 21.3 Å². The van der Waals surface area contributed by atoms with E-state index in [0.717, 1.165) is 0 Å². The smallest absolute Gasteiger partial charge is 0.312 e. The first-order valence-electron chi connectivity index (χ1n) is 11.4. The molecule has 12 heteroatoms. The number of hydrogen-bond donors (Lipinski definition) is 6. The fraction of sp³-hybridized carbons (Fsp3) is 0.762. The summed E-state index contributed by atoms with van der Waals surface area (Å²) in [6.07, 6.45) is 0.483. The maximum absolute atomic E-state index is 12.4. The van der Waals surface area contributed by atoms with Crippen molar-refractivity contribution >= 4 is 29.7 Å². The number of urea groups is 1. The van der Waals surface area contributed by atoms with Gasteiger partial charge in [0.15, 0.2) is 0 Å². The lowest BCUT2D eigenvalue weighted by Crippen LogP contribution is -2.51. The maximum atomic E-state index is 12.4. The quantitative estimate of drug-likeness (QED) is 0.0984. The van der Waals surface area contributed by atoms with E-state index in [1.54, 1.807) is 6.92 Å². The summed E-state index contributed by atoms with van der Waals surface area (Å²) in [6, 6.07) is -1.20. The van der Waals surface area contributed by atoms with Gasteiger partial charge in [0.1, 0.15) is 6.23 Å². The molecule has 0 aromatic carbocycles. The van der Waals surface area contributed by atoms with E-state index in [0.29, 0.717) is 32.5 Å². The van der Waals surface area contributed by atoms with Gasteiger partial charge in [-0.3, -0.25) is 24.1 Å². The van der Waals surface area contributed by atoms with Gasteiger partial charge >= 0.3 is 6.03 Å². The van der Waals surface area contributed by atoms with Crippen molar-refractivity contribution in [2.75, 3.05) is 26.2 Å². The first kappa shape index (κ1) is 28.3. The molecule has 0 saturated carbocycles. The Morgan fingerprint density at radius 1 is 1.12 bits per heavy atom. The molecule has 33 heavy (non-hydrogen) atoms. The fourth-order valence-electron chi connectivity index (χ4n) is 3.46. The summed E-state index contributed by atoms with van der Waals surface area (Å²) in [5.74, 6) is -1.28. The number of aliphatic hydroxyl groups is 1. The molecule has 0 aliphatic carbocycles. The first-order chi connectivity index (χ1) is 15.5. The van der Waals surface area contributed by atoms with Crippen molar-refractivity contribution in [2.24, 2.45) is 17.6 Å². The highest BCUT2D eigenvalue weighted by Gasteiger charge is 2.34. The predicted octanol–water partition coefficient (Wildman–Crippen LogP) is -1.22. The number of imide groups is 1. The zero-order chi connectivity index (χ0) is 25.0. The SMILES string of the molecule is CC1CC(=O)N(CCCC(=O)NCCNC(C(=O)NC(O)CCCNC(N)=O)C(C)C)C1=O. The van der Waals surface area contributed by atoms with E-state index in [9.17, 15) is 29.1 Å². The minimum absolute atomic E-state index is 0.0534. The molecule has 1 rings (SSSR count). The number of amides is 6. The fourth-order valence-corrected chi connectivity index (χ4v) is 3.46. The van der Waals surface area contributed by atoms with Gasteiger partial charge in [-0.15, -0.1) is 0 Å². The zero-order valence-corrected chi connectivity index (χ0v) is 19.7. The second kappa shape index (κ2) is 14.4. The van der Waals surface area contributed by atoms with E-state index in [4.69, 9.17) is 5.73 Å². The molecule has 1 aliphatic rings. The molecule has 0 radical (unpaired) electrons. The lowest BCUT2D eigenvalue weighted by atomic mass is 10.0. The molecule has 12 nitrogen and oxygen atoms in total. The minimum Gasteiger partial charge on any atom is -0.374 e. The molecule has 1 heterocycles. The number of nitrogens with zero attached hydrogens (tertiary/aromatic N) is 1. The predicted molar refractivity (Wildman–Crippen MR) is 120 cm³/mol. The van der Waals surface area contributed by atoms with Crippen LogP contribution in [-0.4, -0.2) is 78.1 Å². The number of carbonyl (C=O) groups is 5. The molecule has 0 aromatic rings.